The molecule has 1 aromatic carbocycles. The quantitative estimate of drug-likeness (QED) is 0.915. The van der Waals surface area contributed by atoms with Crippen LogP contribution in [-0.4, -0.2) is 30.1 Å². The molecule has 0 aromatic heterocycles. The highest BCUT2D eigenvalue weighted by atomic mass is 19.4. The van der Waals surface area contributed by atoms with Gasteiger partial charge in [-0.15, -0.1) is 0 Å². The second kappa shape index (κ2) is 5.21. The number of aryl methyl sites for hydroxylation is 1. The monoisotopic (exact) mass is 272 g/mol. The van der Waals surface area contributed by atoms with Gasteiger partial charge in [-0.2, -0.15) is 13.2 Å². The van der Waals surface area contributed by atoms with Gasteiger partial charge < -0.3 is 4.90 Å². The van der Waals surface area contributed by atoms with E-state index >= 15 is 0 Å². The molecule has 1 aromatic rings. The third-order valence-corrected chi connectivity index (χ3v) is 3.13. The van der Waals surface area contributed by atoms with Gasteiger partial charge in [0.05, 0.1) is 6.54 Å². The fraction of sp³-hybridized carbons (Fsp3) is 0.462. The van der Waals surface area contributed by atoms with Crippen LogP contribution in [0.25, 0.3) is 0 Å². The molecule has 6 heteroatoms. The van der Waals surface area contributed by atoms with Gasteiger partial charge in [-0.25, -0.2) is 0 Å². The molecule has 104 valence electrons. The van der Waals surface area contributed by atoms with Crippen molar-refractivity contribution < 1.29 is 18.0 Å². The number of rotatable bonds is 3. The number of halogens is 3. The van der Waals surface area contributed by atoms with Crippen LogP contribution in [0.1, 0.15) is 24.2 Å². The van der Waals surface area contributed by atoms with E-state index in [1.807, 2.05) is 19.1 Å². The Morgan fingerprint density at radius 2 is 1.95 bits per heavy atom. The van der Waals surface area contributed by atoms with Gasteiger partial charge in [-0.3, -0.25) is 10.1 Å². The number of hydrogen-bond acceptors (Lipinski definition) is 2. The maximum absolute atomic E-state index is 12.5. The van der Waals surface area contributed by atoms with Crippen LogP contribution in [0.5, 0.6) is 0 Å². The van der Waals surface area contributed by atoms with Crippen LogP contribution in [-0.2, 0) is 11.2 Å². The van der Waals surface area contributed by atoms with Crippen molar-refractivity contribution in [2.24, 2.45) is 0 Å². The molecule has 19 heavy (non-hydrogen) atoms. The molecule has 3 nitrogen and oxygen atoms in total. The predicted molar refractivity (Wildman–Crippen MR) is 64.3 cm³/mol. The largest absolute Gasteiger partial charge is 0.406 e. The molecule has 1 unspecified atom stereocenters. The van der Waals surface area contributed by atoms with Crippen LogP contribution in [0.2, 0.25) is 0 Å². The fourth-order valence-electron chi connectivity index (χ4n) is 2.15. The second-order valence-electron chi connectivity index (χ2n) is 4.52. The van der Waals surface area contributed by atoms with Crippen molar-refractivity contribution in [3.63, 3.8) is 0 Å². The van der Waals surface area contributed by atoms with Gasteiger partial charge in [0.25, 0.3) is 0 Å². The van der Waals surface area contributed by atoms with Crippen LogP contribution in [0.4, 0.5) is 13.2 Å². The Bertz CT molecular complexity index is 456. The van der Waals surface area contributed by atoms with Crippen molar-refractivity contribution in [1.82, 2.24) is 10.2 Å². The van der Waals surface area contributed by atoms with E-state index in [0.29, 0.717) is 5.56 Å². The van der Waals surface area contributed by atoms with Crippen molar-refractivity contribution in [3.05, 3.63) is 35.4 Å². The number of benzene rings is 1. The molecule has 0 bridgehead atoms. The van der Waals surface area contributed by atoms with Gasteiger partial charge in [-0.1, -0.05) is 31.2 Å². The van der Waals surface area contributed by atoms with Crippen molar-refractivity contribution in [2.75, 3.05) is 13.1 Å². The molecule has 2 rings (SSSR count). The minimum Gasteiger partial charge on any atom is -0.313 e. The highest BCUT2D eigenvalue weighted by Crippen LogP contribution is 2.27. The Labute approximate surface area is 109 Å². The van der Waals surface area contributed by atoms with Crippen LogP contribution in [0.3, 0.4) is 0 Å². The van der Waals surface area contributed by atoms with E-state index in [1.54, 1.807) is 12.1 Å². The number of carbonyl (C=O) groups is 1. The first-order valence-electron chi connectivity index (χ1n) is 6.09. The standard InChI is InChI=1S/C13H15F3N2O/c1-2-9-3-5-10(6-4-9)12-17-7-11(19)18(12)8-13(14,15)16/h3-6,12,17H,2,7-8H2,1H3. The van der Waals surface area contributed by atoms with Crippen molar-refractivity contribution in [1.29, 1.82) is 0 Å². The maximum Gasteiger partial charge on any atom is 0.406 e. The Morgan fingerprint density at radius 1 is 1.32 bits per heavy atom. The van der Waals surface area contributed by atoms with E-state index in [1.165, 1.54) is 0 Å². The lowest BCUT2D eigenvalue weighted by atomic mass is 10.1. The highest BCUT2D eigenvalue weighted by molar-refractivity contribution is 5.81. The van der Waals surface area contributed by atoms with E-state index in [4.69, 9.17) is 0 Å². The summed E-state index contributed by atoms with van der Waals surface area (Å²) in [6.07, 6.45) is -4.22. The zero-order valence-electron chi connectivity index (χ0n) is 10.5. The molecule has 1 N–H and O–H groups in total. The van der Waals surface area contributed by atoms with Gasteiger partial charge in [-0.05, 0) is 17.5 Å². The Morgan fingerprint density at radius 3 is 2.47 bits per heavy atom. The summed E-state index contributed by atoms with van der Waals surface area (Å²) in [6.45, 7) is 0.720. The second-order valence-corrected chi connectivity index (χ2v) is 4.52. The first-order valence-corrected chi connectivity index (χ1v) is 6.09. The first kappa shape index (κ1) is 13.9. The van der Waals surface area contributed by atoms with Gasteiger partial charge in [0, 0.05) is 0 Å². The Kier molecular flexibility index (Phi) is 3.80. The van der Waals surface area contributed by atoms with Gasteiger partial charge >= 0.3 is 6.18 Å². The third kappa shape index (κ3) is 3.26. The molecule has 1 atom stereocenters. The number of nitrogens with zero attached hydrogens (tertiary/aromatic N) is 1. The van der Waals surface area contributed by atoms with E-state index < -0.39 is 24.8 Å². The number of amides is 1. The van der Waals surface area contributed by atoms with Crippen LogP contribution >= 0.6 is 0 Å². The molecule has 1 saturated heterocycles. The zero-order valence-corrected chi connectivity index (χ0v) is 10.5. The summed E-state index contributed by atoms with van der Waals surface area (Å²) in [6, 6.07) is 7.26. The smallest absolute Gasteiger partial charge is 0.313 e. The molecule has 1 amide bonds. The van der Waals surface area contributed by atoms with E-state index in [0.717, 1.165) is 16.9 Å². The fourth-order valence-corrected chi connectivity index (χ4v) is 2.15. The highest BCUT2D eigenvalue weighted by Gasteiger charge is 2.40. The third-order valence-electron chi connectivity index (χ3n) is 3.13. The maximum atomic E-state index is 12.5. The molecule has 0 spiro atoms. The lowest BCUT2D eigenvalue weighted by molar-refractivity contribution is -0.161. The van der Waals surface area contributed by atoms with Gasteiger partial charge in [0.15, 0.2) is 0 Å². The lowest BCUT2D eigenvalue weighted by Crippen LogP contribution is -2.38. The molecule has 0 radical (unpaired) electrons. The van der Waals surface area contributed by atoms with Crippen molar-refractivity contribution >= 4 is 5.91 Å². The zero-order chi connectivity index (χ0) is 14.0. The summed E-state index contributed by atoms with van der Waals surface area (Å²) in [5.74, 6) is -0.526. The molecule has 1 heterocycles. The average Bonchev–Trinajstić information content (AvgIpc) is 2.69. The summed E-state index contributed by atoms with van der Waals surface area (Å²) in [7, 11) is 0. The van der Waals surface area contributed by atoms with Crippen molar-refractivity contribution in [2.45, 2.75) is 25.7 Å². The van der Waals surface area contributed by atoms with E-state index in [-0.39, 0.29) is 6.54 Å². The normalized spacial score (nSPS) is 20.1. The Balaban J connectivity index is 2.19. The minimum atomic E-state index is -4.39. The topological polar surface area (TPSA) is 32.3 Å². The van der Waals surface area contributed by atoms with E-state index in [2.05, 4.69) is 5.32 Å². The van der Waals surface area contributed by atoms with Gasteiger partial charge in [0.1, 0.15) is 12.7 Å². The first-order chi connectivity index (χ1) is 8.90. The summed E-state index contributed by atoms with van der Waals surface area (Å²) in [4.78, 5) is 12.4. The van der Waals surface area contributed by atoms with Crippen LogP contribution < -0.4 is 5.32 Å². The molecular formula is C13H15F3N2O. The molecule has 1 fully saturated rings. The molecule has 1 aliphatic rings. The summed E-state index contributed by atoms with van der Waals surface area (Å²) >= 11 is 0. The number of alkyl halides is 3. The Hall–Kier alpha value is -1.56. The molecule has 0 aliphatic carbocycles. The molecular weight excluding hydrogens is 257 g/mol. The summed E-state index contributed by atoms with van der Waals surface area (Å²) < 4.78 is 37.4. The minimum absolute atomic E-state index is 0.0593. The van der Waals surface area contributed by atoms with E-state index in [9.17, 15) is 18.0 Å². The van der Waals surface area contributed by atoms with Crippen LogP contribution in [0, 0.1) is 0 Å². The van der Waals surface area contributed by atoms with Crippen LogP contribution in [0.15, 0.2) is 24.3 Å². The van der Waals surface area contributed by atoms with Crippen molar-refractivity contribution in [3.8, 4) is 0 Å². The van der Waals surface area contributed by atoms with Gasteiger partial charge in [0.2, 0.25) is 5.91 Å². The lowest BCUT2D eigenvalue weighted by Gasteiger charge is -2.25. The summed E-state index contributed by atoms with van der Waals surface area (Å²) in [5.41, 5.74) is 1.78. The number of nitrogens with one attached hydrogen (secondary N) is 1. The molecule has 1 aliphatic heterocycles. The summed E-state index contributed by atoms with van der Waals surface area (Å²) in [5, 5.41) is 2.81. The number of carbonyl (C=O) groups excluding carboxylic acids is 1. The number of hydrogen-bond donors (Lipinski definition) is 1. The predicted octanol–water partition coefficient (Wildman–Crippen LogP) is 2.24. The average molecular weight is 272 g/mol. The SMILES string of the molecule is CCc1ccc(C2NCC(=O)N2CC(F)(F)F)cc1. The molecule has 0 saturated carbocycles.